The van der Waals surface area contributed by atoms with Crippen molar-refractivity contribution in [2.45, 2.75) is 19.4 Å². The van der Waals surface area contributed by atoms with Crippen LogP contribution in [0.5, 0.6) is 11.6 Å². The maximum Gasteiger partial charge on any atom is 0.219 e. The van der Waals surface area contributed by atoms with Crippen molar-refractivity contribution in [2.24, 2.45) is 10.9 Å². The van der Waals surface area contributed by atoms with E-state index in [0.29, 0.717) is 18.2 Å². The van der Waals surface area contributed by atoms with Gasteiger partial charge in [-0.1, -0.05) is 12.1 Å². The van der Waals surface area contributed by atoms with Crippen molar-refractivity contribution >= 4 is 29.9 Å². The van der Waals surface area contributed by atoms with Gasteiger partial charge in [-0.05, 0) is 36.5 Å². The standard InChI is InChI=1S/C18H21FN4O.HI/c1-20-18(22-10-13-5-6-13)23-12-14-7-8-17(21-11-14)24-16-4-2-3-15(19)9-16;/h2-4,7-9,11,13H,5-6,10,12H2,1H3,(H2,20,22,23);1H. The zero-order chi connectivity index (χ0) is 16.8. The van der Waals surface area contributed by atoms with E-state index in [1.807, 2.05) is 6.07 Å². The van der Waals surface area contributed by atoms with Crippen LogP contribution in [0.3, 0.4) is 0 Å². The average molecular weight is 456 g/mol. The summed E-state index contributed by atoms with van der Waals surface area (Å²) in [6.45, 7) is 1.59. The Bertz CT molecular complexity index is 704. The Morgan fingerprint density at radius 3 is 2.76 bits per heavy atom. The van der Waals surface area contributed by atoms with Gasteiger partial charge in [0.1, 0.15) is 11.6 Å². The molecule has 0 aliphatic heterocycles. The van der Waals surface area contributed by atoms with Gasteiger partial charge in [-0.2, -0.15) is 0 Å². The summed E-state index contributed by atoms with van der Waals surface area (Å²) in [7, 11) is 1.76. The summed E-state index contributed by atoms with van der Waals surface area (Å²) in [5, 5.41) is 6.56. The van der Waals surface area contributed by atoms with Crippen molar-refractivity contribution in [3.63, 3.8) is 0 Å². The number of halogens is 2. The molecule has 0 bridgehead atoms. The van der Waals surface area contributed by atoms with Crippen molar-refractivity contribution in [3.05, 3.63) is 54.0 Å². The highest BCUT2D eigenvalue weighted by Gasteiger charge is 2.20. The SMILES string of the molecule is CN=C(NCc1ccc(Oc2cccc(F)c2)nc1)NCC1CC1.I. The molecule has 1 aliphatic rings. The van der Waals surface area contributed by atoms with E-state index in [1.54, 1.807) is 31.4 Å². The second kappa shape index (κ2) is 9.55. The minimum Gasteiger partial charge on any atom is -0.439 e. The number of hydrogen-bond donors (Lipinski definition) is 2. The lowest BCUT2D eigenvalue weighted by molar-refractivity contribution is 0.457. The predicted octanol–water partition coefficient (Wildman–Crippen LogP) is 3.71. The third-order valence-electron chi connectivity index (χ3n) is 3.75. The molecule has 0 saturated heterocycles. The van der Waals surface area contributed by atoms with Crippen molar-refractivity contribution in [1.82, 2.24) is 15.6 Å². The molecule has 134 valence electrons. The summed E-state index contributed by atoms with van der Waals surface area (Å²) < 4.78 is 18.7. The molecule has 1 aromatic carbocycles. The van der Waals surface area contributed by atoms with Crippen molar-refractivity contribution < 1.29 is 9.13 Å². The summed E-state index contributed by atoms with van der Waals surface area (Å²) in [4.78, 5) is 8.44. The van der Waals surface area contributed by atoms with Gasteiger partial charge in [0.05, 0.1) is 0 Å². The first kappa shape index (κ1) is 19.4. The lowest BCUT2D eigenvalue weighted by atomic mass is 10.3. The Morgan fingerprint density at radius 2 is 2.12 bits per heavy atom. The van der Waals surface area contributed by atoms with Crippen LogP contribution >= 0.6 is 24.0 Å². The topological polar surface area (TPSA) is 58.5 Å². The molecule has 7 heteroatoms. The van der Waals surface area contributed by atoms with Crippen molar-refractivity contribution in [1.29, 1.82) is 0 Å². The van der Waals surface area contributed by atoms with Gasteiger partial charge in [0, 0.05) is 38.5 Å². The van der Waals surface area contributed by atoms with Gasteiger partial charge in [-0.3, -0.25) is 4.99 Å². The molecule has 0 amide bonds. The molecule has 25 heavy (non-hydrogen) atoms. The first-order chi connectivity index (χ1) is 11.7. The average Bonchev–Trinajstić information content (AvgIpc) is 3.41. The number of nitrogens with zero attached hydrogens (tertiary/aromatic N) is 2. The van der Waals surface area contributed by atoms with Crippen LogP contribution < -0.4 is 15.4 Å². The molecule has 1 heterocycles. The second-order valence-corrected chi connectivity index (χ2v) is 5.81. The number of rotatable bonds is 6. The van der Waals surface area contributed by atoms with Crippen LogP contribution in [0.25, 0.3) is 0 Å². The second-order valence-electron chi connectivity index (χ2n) is 5.81. The van der Waals surface area contributed by atoms with E-state index < -0.39 is 0 Å². The molecule has 0 radical (unpaired) electrons. The highest BCUT2D eigenvalue weighted by Crippen LogP contribution is 2.27. The summed E-state index contributed by atoms with van der Waals surface area (Å²) in [6.07, 6.45) is 4.34. The van der Waals surface area contributed by atoms with Crippen LogP contribution in [-0.4, -0.2) is 24.5 Å². The third kappa shape index (κ3) is 6.49. The van der Waals surface area contributed by atoms with Crippen LogP contribution in [0, 0.1) is 11.7 Å². The van der Waals surface area contributed by atoms with Gasteiger partial charge >= 0.3 is 0 Å². The van der Waals surface area contributed by atoms with Gasteiger partial charge in [0.15, 0.2) is 5.96 Å². The summed E-state index contributed by atoms with van der Waals surface area (Å²) in [5.41, 5.74) is 1.01. The fraction of sp³-hybridized carbons (Fsp3) is 0.333. The van der Waals surface area contributed by atoms with Gasteiger partial charge in [0.2, 0.25) is 5.88 Å². The molecule has 2 N–H and O–H groups in total. The minimum atomic E-state index is -0.335. The monoisotopic (exact) mass is 456 g/mol. The normalized spacial score (nSPS) is 13.8. The Hall–Kier alpha value is -1.90. The van der Waals surface area contributed by atoms with Crippen LogP contribution in [0.1, 0.15) is 18.4 Å². The minimum absolute atomic E-state index is 0. The summed E-state index contributed by atoms with van der Waals surface area (Å²) in [6, 6.07) is 9.68. The van der Waals surface area contributed by atoms with Gasteiger partial charge in [0.25, 0.3) is 0 Å². The molecule has 0 atom stereocenters. The lowest BCUT2D eigenvalue weighted by Gasteiger charge is -2.11. The Labute approximate surface area is 164 Å². The number of benzene rings is 1. The third-order valence-corrected chi connectivity index (χ3v) is 3.75. The van der Waals surface area contributed by atoms with Crippen LogP contribution in [0.15, 0.2) is 47.6 Å². The van der Waals surface area contributed by atoms with Crippen LogP contribution in [-0.2, 0) is 6.54 Å². The molecule has 3 rings (SSSR count). The number of pyridine rings is 1. The number of ether oxygens (including phenoxy) is 1. The molecule has 2 aromatic rings. The van der Waals surface area contributed by atoms with Crippen molar-refractivity contribution in [3.8, 4) is 11.6 Å². The molecule has 0 spiro atoms. The number of aromatic nitrogens is 1. The number of aliphatic imine (C=N–C) groups is 1. The molecule has 5 nitrogen and oxygen atoms in total. The first-order valence-electron chi connectivity index (χ1n) is 8.06. The fourth-order valence-electron chi connectivity index (χ4n) is 2.20. The summed E-state index contributed by atoms with van der Waals surface area (Å²) in [5.74, 6) is 2.11. The highest BCUT2D eigenvalue weighted by molar-refractivity contribution is 14.0. The van der Waals surface area contributed by atoms with E-state index in [9.17, 15) is 4.39 Å². The quantitative estimate of drug-likeness (QED) is 0.396. The van der Waals surface area contributed by atoms with E-state index in [1.165, 1.54) is 25.0 Å². The predicted molar refractivity (Wildman–Crippen MR) is 107 cm³/mol. The Kier molecular flexibility index (Phi) is 7.42. The largest absolute Gasteiger partial charge is 0.439 e. The van der Waals surface area contributed by atoms with Gasteiger partial charge in [-0.25, -0.2) is 9.37 Å². The Morgan fingerprint density at radius 1 is 1.28 bits per heavy atom. The highest BCUT2D eigenvalue weighted by atomic mass is 127. The van der Waals surface area contributed by atoms with Crippen LogP contribution in [0.4, 0.5) is 4.39 Å². The van der Waals surface area contributed by atoms with E-state index >= 15 is 0 Å². The van der Waals surface area contributed by atoms with E-state index in [0.717, 1.165) is 24.0 Å². The maximum atomic E-state index is 13.1. The van der Waals surface area contributed by atoms with E-state index in [-0.39, 0.29) is 29.8 Å². The molecular formula is C18H22FIN4O. The molecule has 1 saturated carbocycles. The number of hydrogen-bond acceptors (Lipinski definition) is 3. The molecule has 1 aromatic heterocycles. The van der Waals surface area contributed by atoms with E-state index in [4.69, 9.17) is 4.74 Å². The smallest absolute Gasteiger partial charge is 0.219 e. The van der Waals surface area contributed by atoms with E-state index in [2.05, 4.69) is 20.6 Å². The van der Waals surface area contributed by atoms with Gasteiger partial charge < -0.3 is 15.4 Å². The summed E-state index contributed by atoms with van der Waals surface area (Å²) >= 11 is 0. The first-order valence-corrected chi connectivity index (χ1v) is 8.06. The number of nitrogens with one attached hydrogen (secondary N) is 2. The zero-order valence-electron chi connectivity index (χ0n) is 14.0. The number of guanidine groups is 1. The molecule has 0 unspecified atom stereocenters. The van der Waals surface area contributed by atoms with Crippen LogP contribution in [0.2, 0.25) is 0 Å². The molecule has 1 fully saturated rings. The Balaban J connectivity index is 0.00000225. The van der Waals surface area contributed by atoms with Crippen molar-refractivity contribution in [2.75, 3.05) is 13.6 Å². The maximum absolute atomic E-state index is 13.1. The van der Waals surface area contributed by atoms with Gasteiger partial charge in [-0.15, -0.1) is 24.0 Å². The lowest BCUT2D eigenvalue weighted by Crippen LogP contribution is -2.37. The molecule has 1 aliphatic carbocycles. The molecular weight excluding hydrogens is 434 g/mol. The zero-order valence-corrected chi connectivity index (χ0v) is 16.4. The fourth-order valence-corrected chi connectivity index (χ4v) is 2.20.